The van der Waals surface area contributed by atoms with Crippen LogP contribution in [0, 0.1) is 0 Å². The van der Waals surface area contributed by atoms with E-state index < -0.39 is 24.5 Å². The van der Waals surface area contributed by atoms with Crippen LogP contribution in [-0.4, -0.2) is 40.3 Å². The van der Waals surface area contributed by atoms with Crippen molar-refractivity contribution in [3.05, 3.63) is 65.7 Å². The first-order chi connectivity index (χ1) is 12.4. The maximum absolute atomic E-state index is 12.7. The van der Waals surface area contributed by atoms with Crippen LogP contribution >= 0.6 is 0 Å². The van der Waals surface area contributed by atoms with Gasteiger partial charge in [0.05, 0.1) is 0 Å². The molecule has 0 aliphatic rings. The molecule has 136 valence electrons. The van der Waals surface area contributed by atoms with Crippen LogP contribution in [0.3, 0.4) is 0 Å². The molecule has 0 saturated heterocycles. The molecule has 0 heterocycles. The smallest absolute Gasteiger partial charge is 0.323 e. The number of nitrogens with zero attached hydrogens (tertiary/aromatic N) is 1. The summed E-state index contributed by atoms with van der Waals surface area (Å²) in [5.41, 5.74) is 1.31. The Labute approximate surface area is 152 Å². The highest BCUT2D eigenvalue weighted by Crippen LogP contribution is 2.17. The van der Waals surface area contributed by atoms with E-state index in [1.807, 2.05) is 30.3 Å². The Morgan fingerprint density at radius 2 is 1.77 bits per heavy atom. The zero-order valence-electron chi connectivity index (χ0n) is 14.7. The Bertz CT molecular complexity index is 788. The first-order valence-electron chi connectivity index (χ1n) is 8.19. The molecular formula is C20H21NO5. The van der Waals surface area contributed by atoms with Crippen molar-refractivity contribution >= 4 is 17.7 Å². The van der Waals surface area contributed by atoms with Crippen LogP contribution in [0.15, 0.2) is 54.6 Å². The van der Waals surface area contributed by atoms with Gasteiger partial charge in [-0.3, -0.25) is 14.4 Å². The molecule has 6 nitrogen and oxygen atoms in total. The van der Waals surface area contributed by atoms with E-state index in [0.717, 1.165) is 5.56 Å². The highest BCUT2D eigenvalue weighted by Gasteiger charge is 2.24. The standard InChI is InChI=1S/C20H21NO5/c1-14(22)17-9-6-10-18(11-17)26-15(2)20(25)21(13-19(23)24)12-16-7-4-3-5-8-16/h3-11,15H,12-13H2,1-2H3,(H,23,24). The van der Waals surface area contributed by atoms with Crippen molar-refractivity contribution in [1.82, 2.24) is 4.90 Å². The van der Waals surface area contributed by atoms with E-state index >= 15 is 0 Å². The Morgan fingerprint density at radius 3 is 2.38 bits per heavy atom. The van der Waals surface area contributed by atoms with Gasteiger partial charge in [0, 0.05) is 12.1 Å². The van der Waals surface area contributed by atoms with Crippen LogP contribution in [0.25, 0.3) is 0 Å². The maximum atomic E-state index is 12.7. The normalized spacial score (nSPS) is 11.5. The number of carbonyl (C=O) groups excluding carboxylic acids is 2. The number of carboxylic acids is 1. The minimum Gasteiger partial charge on any atom is -0.481 e. The van der Waals surface area contributed by atoms with Gasteiger partial charge in [-0.05, 0) is 31.5 Å². The highest BCUT2D eigenvalue weighted by molar-refractivity contribution is 5.94. The molecule has 1 unspecified atom stereocenters. The molecule has 1 amide bonds. The molecule has 0 aromatic heterocycles. The van der Waals surface area contributed by atoms with Gasteiger partial charge in [0.2, 0.25) is 0 Å². The van der Waals surface area contributed by atoms with Crippen molar-refractivity contribution in [2.45, 2.75) is 26.5 Å². The molecule has 0 aliphatic heterocycles. The molecule has 0 fully saturated rings. The van der Waals surface area contributed by atoms with Gasteiger partial charge in [0.15, 0.2) is 11.9 Å². The van der Waals surface area contributed by atoms with E-state index in [1.165, 1.54) is 11.8 Å². The van der Waals surface area contributed by atoms with Crippen molar-refractivity contribution in [2.24, 2.45) is 0 Å². The maximum Gasteiger partial charge on any atom is 0.323 e. The second kappa shape index (κ2) is 8.80. The van der Waals surface area contributed by atoms with E-state index in [2.05, 4.69) is 0 Å². The largest absolute Gasteiger partial charge is 0.481 e. The molecule has 6 heteroatoms. The lowest BCUT2D eigenvalue weighted by Gasteiger charge is -2.25. The third-order valence-corrected chi connectivity index (χ3v) is 3.76. The third-order valence-electron chi connectivity index (χ3n) is 3.76. The molecule has 0 aliphatic carbocycles. The first-order valence-corrected chi connectivity index (χ1v) is 8.19. The van der Waals surface area contributed by atoms with E-state index in [4.69, 9.17) is 9.84 Å². The monoisotopic (exact) mass is 355 g/mol. The minimum absolute atomic E-state index is 0.106. The third kappa shape index (κ3) is 5.44. The quantitative estimate of drug-likeness (QED) is 0.736. The Balaban J connectivity index is 2.12. The number of carboxylic acid groups (broad SMARTS) is 1. The van der Waals surface area contributed by atoms with Gasteiger partial charge in [-0.1, -0.05) is 42.5 Å². The number of carbonyl (C=O) groups is 3. The molecule has 1 N–H and O–H groups in total. The van der Waals surface area contributed by atoms with E-state index in [1.54, 1.807) is 31.2 Å². The van der Waals surface area contributed by atoms with Crippen LogP contribution < -0.4 is 4.74 Å². The lowest BCUT2D eigenvalue weighted by atomic mass is 10.1. The average molecular weight is 355 g/mol. The van der Waals surface area contributed by atoms with E-state index in [0.29, 0.717) is 11.3 Å². The van der Waals surface area contributed by atoms with Gasteiger partial charge in [0.25, 0.3) is 5.91 Å². The summed E-state index contributed by atoms with van der Waals surface area (Å²) in [5.74, 6) is -1.26. The van der Waals surface area contributed by atoms with Gasteiger partial charge in [-0.15, -0.1) is 0 Å². The van der Waals surface area contributed by atoms with Crippen molar-refractivity contribution in [3.63, 3.8) is 0 Å². The first kappa shape index (κ1) is 19.2. The molecule has 0 radical (unpaired) electrons. The SMILES string of the molecule is CC(=O)c1cccc(OC(C)C(=O)N(CC(=O)O)Cc2ccccc2)c1. The summed E-state index contributed by atoms with van der Waals surface area (Å²) in [6, 6.07) is 15.7. The second-order valence-corrected chi connectivity index (χ2v) is 5.92. The fourth-order valence-electron chi connectivity index (χ4n) is 2.48. The number of Topliss-reactive ketones (excluding diaryl/α,β-unsaturated/α-hetero) is 1. The number of hydrogen-bond donors (Lipinski definition) is 1. The summed E-state index contributed by atoms with van der Waals surface area (Å²) in [7, 11) is 0. The van der Waals surface area contributed by atoms with Gasteiger partial charge in [0.1, 0.15) is 12.3 Å². The van der Waals surface area contributed by atoms with Crippen molar-refractivity contribution in [2.75, 3.05) is 6.54 Å². The van der Waals surface area contributed by atoms with Gasteiger partial charge >= 0.3 is 5.97 Å². The number of hydrogen-bond acceptors (Lipinski definition) is 4. The highest BCUT2D eigenvalue weighted by atomic mass is 16.5. The summed E-state index contributed by atoms with van der Waals surface area (Å²) in [5, 5.41) is 9.11. The fourth-order valence-corrected chi connectivity index (χ4v) is 2.48. The van der Waals surface area contributed by atoms with Crippen LogP contribution in [-0.2, 0) is 16.1 Å². The van der Waals surface area contributed by atoms with Crippen molar-refractivity contribution in [3.8, 4) is 5.75 Å². The molecule has 0 bridgehead atoms. The molecule has 26 heavy (non-hydrogen) atoms. The summed E-state index contributed by atoms with van der Waals surface area (Å²) >= 11 is 0. The predicted molar refractivity (Wildman–Crippen MR) is 96.0 cm³/mol. The number of amides is 1. The Hall–Kier alpha value is -3.15. The van der Waals surface area contributed by atoms with Crippen molar-refractivity contribution in [1.29, 1.82) is 0 Å². The minimum atomic E-state index is -1.10. The number of ketones is 1. The fraction of sp³-hybridized carbons (Fsp3) is 0.250. The van der Waals surface area contributed by atoms with Crippen LogP contribution in [0.5, 0.6) is 5.75 Å². The molecular weight excluding hydrogens is 334 g/mol. The number of ether oxygens (including phenoxy) is 1. The average Bonchev–Trinajstić information content (AvgIpc) is 2.61. The topological polar surface area (TPSA) is 83.9 Å². The van der Waals surface area contributed by atoms with E-state index in [-0.39, 0.29) is 12.3 Å². The lowest BCUT2D eigenvalue weighted by molar-refractivity contribution is -0.148. The molecule has 0 spiro atoms. The van der Waals surface area contributed by atoms with Gasteiger partial charge in [-0.25, -0.2) is 0 Å². The molecule has 2 aromatic rings. The van der Waals surface area contributed by atoms with Crippen LogP contribution in [0.4, 0.5) is 0 Å². The molecule has 1 atom stereocenters. The summed E-state index contributed by atoms with van der Waals surface area (Å²) in [4.78, 5) is 36.5. The second-order valence-electron chi connectivity index (χ2n) is 5.92. The lowest BCUT2D eigenvalue weighted by Crippen LogP contribution is -2.42. The summed E-state index contributed by atoms with van der Waals surface area (Å²) < 4.78 is 5.63. The van der Waals surface area contributed by atoms with E-state index in [9.17, 15) is 14.4 Å². The molecule has 0 saturated carbocycles. The molecule has 2 rings (SSSR count). The van der Waals surface area contributed by atoms with Crippen LogP contribution in [0.1, 0.15) is 29.8 Å². The zero-order valence-corrected chi connectivity index (χ0v) is 14.7. The summed E-state index contributed by atoms with van der Waals surface area (Å²) in [6.07, 6.45) is -0.889. The van der Waals surface area contributed by atoms with Crippen molar-refractivity contribution < 1.29 is 24.2 Å². The molecule has 2 aromatic carbocycles. The summed E-state index contributed by atoms with van der Waals surface area (Å²) in [6.45, 7) is 2.76. The van der Waals surface area contributed by atoms with Gasteiger partial charge in [-0.2, -0.15) is 0 Å². The van der Waals surface area contributed by atoms with Gasteiger partial charge < -0.3 is 14.7 Å². The Morgan fingerprint density at radius 1 is 1.08 bits per heavy atom. The number of aliphatic carboxylic acids is 1. The van der Waals surface area contributed by atoms with Crippen LogP contribution in [0.2, 0.25) is 0 Å². The zero-order chi connectivity index (χ0) is 19.1. The number of benzene rings is 2. The number of rotatable bonds is 8. The Kier molecular flexibility index (Phi) is 6.49. The predicted octanol–water partition coefficient (Wildman–Crippen LogP) is 2.77.